The van der Waals surface area contributed by atoms with Gasteiger partial charge in [-0.3, -0.25) is 4.57 Å². The van der Waals surface area contributed by atoms with E-state index in [9.17, 15) is 4.57 Å². The monoisotopic (exact) mass is 264 g/mol. The lowest BCUT2D eigenvalue weighted by molar-refractivity contribution is 0.121. The average molecular weight is 264 g/mol. The second-order valence-corrected chi connectivity index (χ2v) is 6.85. The highest BCUT2D eigenvalue weighted by molar-refractivity contribution is 7.53. The standard InChI is InChI=1S/C13H29O3P/c1-6-8-10-12(3)15-17(5,14)16-13(4)11-9-7-2/h12-13H,6-11H2,1-5H3. The molecule has 17 heavy (non-hydrogen) atoms. The highest BCUT2D eigenvalue weighted by atomic mass is 31.2. The van der Waals surface area contributed by atoms with Crippen molar-refractivity contribution in [1.29, 1.82) is 0 Å². The summed E-state index contributed by atoms with van der Waals surface area (Å²) in [6.45, 7) is 9.79. The molecule has 0 heterocycles. The Morgan fingerprint density at radius 2 is 1.29 bits per heavy atom. The Hall–Kier alpha value is 0.150. The summed E-state index contributed by atoms with van der Waals surface area (Å²) in [7, 11) is -2.89. The van der Waals surface area contributed by atoms with E-state index in [-0.39, 0.29) is 12.2 Å². The summed E-state index contributed by atoms with van der Waals surface area (Å²) in [5, 5.41) is 0. The molecule has 0 aliphatic carbocycles. The van der Waals surface area contributed by atoms with Crippen LogP contribution in [0.4, 0.5) is 0 Å². The van der Waals surface area contributed by atoms with Gasteiger partial charge in [-0.2, -0.15) is 0 Å². The van der Waals surface area contributed by atoms with Gasteiger partial charge in [0, 0.05) is 6.66 Å². The predicted molar refractivity (Wildman–Crippen MR) is 73.7 cm³/mol. The summed E-state index contributed by atoms with van der Waals surface area (Å²) in [6.07, 6.45) is 6.40. The largest absolute Gasteiger partial charge is 0.328 e. The first-order valence-electron chi connectivity index (χ1n) is 6.85. The van der Waals surface area contributed by atoms with Crippen LogP contribution in [0.5, 0.6) is 0 Å². The van der Waals surface area contributed by atoms with Crippen LogP contribution in [0.2, 0.25) is 0 Å². The van der Waals surface area contributed by atoms with Crippen LogP contribution in [0.25, 0.3) is 0 Å². The van der Waals surface area contributed by atoms with Crippen LogP contribution in [-0.4, -0.2) is 18.9 Å². The summed E-state index contributed by atoms with van der Waals surface area (Å²) >= 11 is 0. The van der Waals surface area contributed by atoms with Crippen LogP contribution >= 0.6 is 7.60 Å². The molecule has 0 aliphatic rings. The highest BCUT2D eigenvalue weighted by Gasteiger charge is 2.23. The van der Waals surface area contributed by atoms with E-state index in [2.05, 4.69) is 13.8 Å². The van der Waals surface area contributed by atoms with Crippen molar-refractivity contribution in [2.75, 3.05) is 6.66 Å². The fraction of sp³-hybridized carbons (Fsp3) is 1.00. The normalized spacial score (nSPS) is 18.6. The number of rotatable bonds is 10. The molecule has 3 nitrogen and oxygen atoms in total. The fourth-order valence-corrected chi connectivity index (χ4v) is 3.34. The van der Waals surface area contributed by atoms with E-state index in [0.29, 0.717) is 0 Å². The summed E-state index contributed by atoms with van der Waals surface area (Å²) in [6, 6.07) is 0. The Morgan fingerprint density at radius 1 is 0.941 bits per heavy atom. The minimum Gasteiger partial charge on any atom is -0.306 e. The molecule has 0 saturated carbocycles. The Balaban J connectivity index is 3.96. The fourth-order valence-electron chi connectivity index (χ4n) is 1.77. The van der Waals surface area contributed by atoms with Crippen molar-refractivity contribution < 1.29 is 13.6 Å². The van der Waals surface area contributed by atoms with Crippen molar-refractivity contribution in [3.05, 3.63) is 0 Å². The first kappa shape index (κ1) is 17.2. The minimum absolute atomic E-state index is 0.0177. The van der Waals surface area contributed by atoms with E-state index in [1.807, 2.05) is 13.8 Å². The van der Waals surface area contributed by atoms with Crippen LogP contribution in [0.15, 0.2) is 0 Å². The second-order valence-electron chi connectivity index (χ2n) is 4.89. The van der Waals surface area contributed by atoms with Crippen LogP contribution in [0.1, 0.15) is 66.2 Å². The molecule has 0 radical (unpaired) electrons. The van der Waals surface area contributed by atoms with Crippen LogP contribution in [-0.2, 0) is 13.6 Å². The van der Waals surface area contributed by atoms with E-state index in [1.165, 1.54) is 0 Å². The lowest BCUT2D eigenvalue weighted by Crippen LogP contribution is -2.12. The van der Waals surface area contributed by atoms with Crippen molar-refractivity contribution in [1.82, 2.24) is 0 Å². The van der Waals surface area contributed by atoms with Gasteiger partial charge in [-0.25, -0.2) is 0 Å². The van der Waals surface area contributed by atoms with Gasteiger partial charge in [-0.15, -0.1) is 0 Å². The third-order valence-corrected chi connectivity index (χ3v) is 4.16. The third-order valence-electron chi connectivity index (χ3n) is 2.67. The lowest BCUT2D eigenvalue weighted by atomic mass is 10.2. The quantitative estimate of drug-likeness (QED) is 0.521. The number of hydrogen-bond donors (Lipinski definition) is 0. The summed E-state index contributed by atoms with van der Waals surface area (Å²) in [5.74, 6) is 0. The first-order chi connectivity index (χ1) is 7.91. The Labute approximate surface area is 107 Å². The zero-order valence-electron chi connectivity index (χ0n) is 12.1. The number of hydrogen-bond acceptors (Lipinski definition) is 3. The molecule has 0 aliphatic heterocycles. The average Bonchev–Trinajstić information content (AvgIpc) is 2.22. The van der Waals surface area contributed by atoms with Crippen LogP contribution < -0.4 is 0 Å². The molecule has 0 fully saturated rings. The van der Waals surface area contributed by atoms with E-state index in [1.54, 1.807) is 6.66 Å². The summed E-state index contributed by atoms with van der Waals surface area (Å²) in [4.78, 5) is 0. The van der Waals surface area contributed by atoms with E-state index < -0.39 is 7.60 Å². The molecule has 0 amide bonds. The van der Waals surface area contributed by atoms with Gasteiger partial charge in [-0.05, 0) is 26.7 Å². The summed E-state index contributed by atoms with van der Waals surface area (Å²) in [5.41, 5.74) is 0. The van der Waals surface area contributed by atoms with Gasteiger partial charge in [0.25, 0.3) is 0 Å². The molecule has 104 valence electrons. The maximum absolute atomic E-state index is 12.1. The third kappa shape index (κ3) is 9.82. The SMILES string of the molecule is CCCCC(C)OP(C)(=O)OC(C)CCCC. The van der Waals surface area contributed by atoms with Crippen molar-refractivity contribution >= 4 is 7.60 Å². The second kappa shape index (κ2) is 9.13. The zero-order valence-corrected chi connectivity index (χ0v) is 13.0. The lowest BCUT2D eigenvalue weighted by Gasteiger charge is -2.22. The molecule has 2 unspecified atom stereocenters. The van der Waals surface area contributed by atoms with Gasteiger partial charge < -0.3 is 9.05 Å². The highest BCUT2D eigenvalue weighted by Crippen LogP contribution is 2.47. The topological polar surface area (TPSA) is 35.5 Å². The molecule has 0 bridgehead atoms. The minimum atomic E-state index is -2.89. The van der Waals surface area contributed by atoms with Gasteiger partial charge >= 0.3 is 7.60 Å². The molecule has 0 aromatic rings. The molecular formula is C13H29O3P. The first-order valence-corrected chi connectivity index (χ1v) is 8.84. The smallest absolute Gasteiger partial charge is 0.306 e. The molecule has 0 spiro atoms. The maximum Gasteiger partial charge on any atom is 0.328 e. The molecule has 0 aromatic heterocycles. The molecule has 0 saturated heterocycles. The Bertz CT molecular complexity index is 211. The van der Waals surface area contributed by atoms with E-state index in [4.69, 9.17) is 9.05 Å². The van der Waals surface area contributed by atoms with Gasteiger partial charge in [0.1, 0.15) is 0 Å². The molecular weight excluding hydrogens is 235 g/mol. The molecule has 0 rings (SSSR count). The molecule has 4 heteroatoms. The number of unbranched alkanes of at least 4 members (excludes halogenated alkanes) is 2. The van der Waals surface area contributed by atoms with Crippen molar-refractivity contribution in [3.63, 3.8) is 0 Å². The van der Waals surface area contributed by atoms with Crippen molar-refractivity contribution in [3.8, 4) is 0 Å². The Kier molecular flexibility index (Phi) is 9.21. The predicted octanol–water partition coefficient (Wildman–Crippen LogP) is 5.00. The van der Waals surface area contributed by atoms with Crippen molar-refractivity contribution in [2.24, 2.45) is 0 Å². The van der Waals surface area contributed by atoms with Gasteiger partial charge in [0.15, 0.2) is 0 Å². The van der Waals surface area contributed by atoms with Gasteiger partial charge in [0.2, 0.25) is 0 Å². The van der Waals surface area contributed by atoms with Gasteiger partial charge in [-0.1, -0.05) is 39.5 Å². The summed E-state index contributed by atoms with van der Waals surface area (Å²) < 4.78 is 23.2. The van der Waals surface area contributed by atoms with E-state index >= 15 is 0 Å². The molecule has 0 N–H and O–H groups in total. The Morgan fingerprint density at radius 3 is 1.59 bits per heavy atom. The van der Waals surface area contributed by atoms with Gasteiger partial charge in [0.05, 0.1) is 12.2 Å². The van der Waals surface area contributed by atoms with E-state index in [0.717, 1.165) is 38.5 Å². The molecule has 2 atom stereocenters. The maximum atomic E-state index is 12.1. The zero-order chi connectivity index (χ0) is 13.3. The molecule has 0 aromatic carbocycles. The van der Waals surface area contributed by atoms with Crippen LogP contribution in [0, 0.1) is 0 Å². The van der Waals surface area contributed by atoms with Crippen LogP contribution in [0.3, 0.4) is 0 Å². The van der Waals surface area contributed by atoms with Crippen molar-refractivity contribution in [2.45, 2.75) is 78.4 Å².